The second kappa shape index (κ2) is 20.9. The van der Waals surface area contributed by atoms with Gasteiger partial charge in [-0.25, -0.2) is 19.6 Å². The number of anilines is 1. The van der Waals surface area contributed by atoms with Crippen molar-refractivity contribution in [2.45, 2.75) is 80.6 Å². The normalized spacial score (nSPS) is 17.3. The number of ether oxygens (including phenoxy) is 3. The highest BCUT2D eigenvalue weighted by molar-refractivity contribution is 7.98. The Labute approximate surface area is 361 Å². The Kier molecular flexibility index (Phi) is 15.2. The predicted octanol–water partition coefficient (Wildman–Crippen LogP) is 4.02. The average Bonchev–Trinajstić information content (AvgIpc) is 4.09. The molecule has 0 saturated carbocycles. The summed E-state index contributed by atoms with van der Waals surface area (Å²) in [6.07, 6.45) is 3.38. The first-order valence-corrected chi connectivity index (χ1v) is 20.9. The van der Waals surface area contributed by atoms with Crippen LogP contribution in [0.2, 0.25) is 5.02 Å². The molecule has 2 fully saturated rings. The molecule has 2 unspecified atom stereocenters. The van der Waals surface area contributed by atoms with Crippen LogP contribution in [0.4, 0.5) is 5.82 Å². The molecule has 4 aromatic rings. The number of amides is 2. The van der Waals surface area contributed by atoms with Crippen LogP contribution in [0.5, 0.6) is 5.75 Å². The molecule has 2 aromatic carbocycles. The van der Waals surface area contributed by atoms with Gasteiger partial charge in [-0.05, 0) is 94.6 Å². The number of esters is 2. The van der Waals surface area contributed by atoms with Gasteiger partial charge in [-0.1, -0.05) is 35.5 Å². The second-order valence-corrected chi connectivity index (χ2v) is 15.8. The summed E-state index contributed by atoms with van der Waals surface area (Å²) in [7, 11) is 0. The van der Waals surface area contributed by atoms with Gasteiger partial charge in [-0.2, -0.15) is 10.5 Å². The van der Waals surface area contributed by atoms with Crippen molar-refractivity contribution in [2.24, 2.45) is 0 Å². The summed E-state index contributed by atoms with van der Waals surface area (Å²) in [4.78, 5) is 60.2. The maximum atomic E-state index is 13.2. The van der Waals surface area contributed by atoms with E-state index < -0.39 is 48.8 Å². The molecule has 4 heterocycles. The SMILES string of the molecule is CC(NC(=O)[C@@H]1CCCN1)C(=O)OC[C@H](COc1ccc(-c2c(C#N)c(N)nc(SCc3coc(-c4ccc(Cl)cc4)n3)c2C#N)cc1)OC(=O)C(C)NC(=O)[C@@H]1CCCN1. The lowest BCUT2D eigenvalue weighted by molar-refractivity contribution is -0.163. The molecule has 2 aliphatic rings. The maximum absolute atomic E-state index is 13.2. The van der Waals surface area contributed by atoms with Crippen LogP contribution < -0.4 is 31.7 Å². The van der Waals surface area contributed by atoms with Crippen molar-refractivity contribution in [2.75, 3.05) is 32.0 Å². The van der Waals surface area contributed by atoms with Crippen LogP contribution in [-0.4, -0.2) is 90.3 Å². The summed E-state index contributed by atoms with van der Waals surface area (Å²) in [5, 5.41) is 32.7. The van der Waals surface area contributed by atoms with Crippen LogP contribution in [0.15, 0.2) is 64.2 Å². The lowest BCUT2D eigenvalue weighted by atomic mass is 9.97. The fourth-order valence-corrected chi connectivity index (χ4v) is 7.58. The van der Waals surface area contributed by atoms with Gasteiger partial charge in [-0.15, -0.1) is 0 Å². The number of carbonyl (C=O) groups is 4. The van der Waals surface area contributed by atoms with Gasteiger partial charge in [0.1, 0.15) is 65.9 Å². The molecule has 17 nitrogen and oxygen atoms in total. The van der Waals surface area contributed by atoms with Gasteiger partial charge in [0.05, 0.1) is 23.3 Å². The summed E-state index contributed by atoms with van der Waals surface area (Å²) in [5.41, 5.74) is 8.49. The monoisotopic (exact) mass is 869 g/mol. The molecular weight excluding hydrogens is 826 g/mol. The van der Waals surface area contributed by atoms with E-state index in [0.717, 1.165) is 18.4 Å². The summed E-state index contributed by atoms with van der Waals surface area (Å²) in [6.45, 7) is 3.70. The predicted molar refractivity (Wildman–Crippen MR) is 224 cm³/mol. The third-order valence-corrected chi connectivity index (χ3v) is 11.1. The topological polar surface area (TPSA) is 257 Å². The van der Waals surface area contributed by atoms with Crippen LogP contribution in [0, 0.1) is 22.7 Å². The Morgan fingerprint density at radius 1 is 0.885 bits per heavy atom. The molecule has 2 saturated heterocycles. The molecule has 0 spiro atoms. The Hall–Kier alpha value is -6.18. The van der Waals surface area contributed by atoms with E-state index in [1.54, 1.807) is 48.5 Å². The number of nitriles is 2. The number of hydrogen-bond donors (Lipinski definition) is 5. The van der Waals surface area contributed by atoms with E-state index in [4.69, 9.17) is 36.0 Å². The number of rotatable bonds is 17. The molecule has 0 radical (unpaired) electrons. The summed E-state index contributed by atoms with van der Waals surface area (Å²) >= 11 is 7.21. The van der Waals surface area contributed by atoms with Gasteiger partial charge in [0.25, 0.3) is 0 Å². The number of halogens is 1. The van der Waals surface area contributed by atoms with E-state index >= 15 is 0 Å². The van der Waals surface area contributed by atoms with Gasteiger partial charge in [0.15, 0.2) is 6.10 Å². The van der Waals surface area contributed by atoms with Crippen LogP contribution in [0.25, 0.3) is 22.6 Å². The number of pyridine rings is 1. The molecule has 19 heteroatoms. The van der Waals surface area contributed by atoms with E-state index in [9.17, 15) is 29.7 Å². The standard InChI is InChI=1S/C42H44ClN9O8S/c1-23(49-37(53)33-5-3-15-47-33)41(55)59-21-30(60-42(56)24(2)50-38(54)34-6-4-16-48-34)20-57-29-13-9-25(10-14-29)35-31(17-44)36(46)52-40(32(35)18-45)61-22-28-19-58-39(51-28)26-7-11-27(43)12-8-26/h7-14,19,23-24,30,33-34,47-48H,3-6,15-16,20-22H2,1-2H3,(H2,46,52)(H,49,53)(H,50,54)/t23?,24?,30-,33-,34-/m0/s1. The zero-order valence-electron chi connectivity index (χ0n) is 33.4. The zero-order chi connectivity index (χ0) is 43.5. The van der Waals surface area contributed by atoms with Crippen molar-refractivity contribution in [1.29, 1.82) is 10.5 Å². The molecule has 2 aromatic heterocycles. The smallest absolute Gasteiger partial charge is 0.328 e. The number of nitrogen functional groups attached to an aromatic ring is 1. The van der Waals surface area contributed by atoms with E-state index in [0.29, 0.717) is 58.9 Å². The molecule has 6 N–H and O–H groups in total. The number of aromatic nitrogens is 2. The quantitative estimate of drug-likeness (QED) is 0.0742. The lowest BCUT2D eigenvalue weighted by Gasteiger charge is -2.23. The highest BCUT2D eigenvalue weighted by atomic mass is 35.5. The van der Waals surface area contributed by atoms with Gasteiger partial charge in [0, 0.05) is 21.9 Å². The summed E-state index contributed by atoms with van der Waals surface area (Å²) in [5.74, 6) is -1.24. The minimum atomic E-state index is -1.12. The molecule has 5 atom stereocenters. The van der Waals surface area contributed by atoms with E-state index in [-0.39, 0.29) is 46.7 Å². The first-order valence-electron chi connectivity index (χ1n) is 19.6. The highest BCUT2D eigenvalue weighted by Gasteiger charge is 2.30. The first-order chi connectivity index (χ1) is 29.4. The molecule has 0 bridgehead atoms. The average molecular weight is 870 g/mol. The Balaban J connectivity index is 1.13. The van der Waals surface area contributed by atoms with E-state index in [2.05, 4.69) is 43.4 Å². The largest absolute Gasteiger partial charge is 0.490 e. The van der Waals surface area contributed by atoms with Crippen LogP contribution in [0.3, 0.4) is 0 Å². The zero-order valence-corrected chi connectivity index (χ0v) is 34.9. The summed E-state index contributed by atoms with van der Waals surface area (Å²) < 4.78 is 22.8. The van der Waals surface area contributed by atoms with Crippen molar-refractivity contribution < 1.29 is 37.8 Å². The number of thioether (sulfide) groups is 1. The molecule has 61 heavy (non-hydrogen) atoms. The Morgan fingerprint density at radius 3 is 2.08 bits per heavy atom. The van der Waals surface area contributed by atoms with Gasteiger partial charge >= 0.3 is 11.9 Å². The van der Waals surface area contributed by atoms with E-state index in [1.807, 2.05) is 0 Å². The van der Waals surface area contributed by atoms with Gasteiger partial charge < -0.3 is 45.6 Å². The second-order valence-electron chi connectivity index (χ2n) is 14.4. The Morgan fingerprint density at radius 2 is 1.49 bits per heavy atom. The number of benzene rings is 2. The number of oxazole rings is 1. The third kappa shape index (κ3) is 11.6. The Bertz CT molecular complexity index is 2300. The number of carbonyl (C=O) groups excluding carboxylic acids is 4. The highest BCUT2D eigenvalue weighted by Crippen LogP contribution is 2.37. The molecule has 2 amide bonds. The number of nitrogens with one attached hydrogen (secondary N) is 4. The van der Waals surface area contributed by atoms with Crippen molar-refractivity contribution >= 4 is 52.9 Å². The third-order valence-electron chi connectivity index (χ3n) is 9.87. The van der Waals surface area contributed by atoms with Crippen molar-refractivity contribution in [3.05, 3.63) is 76.6 Å². The lowest BCUT2D eigenvalue weighted by Crippen LogP contribution is -2.49. The molecular formula is C42H44ClN9O8S. The fourth-order valence-electron chi connectivity index (χ4n) is 6.58. The molecule has 0 aliphatic carbocycles. The summed E-state index contributed by atoms with van der Waals surface area (Å²) in [6, 6.07) is 14.9. The number of nitrogens with two attached hydrogens (primary N) is 1. The van der Waals surface area contributed by atoms with Crippen LogP contribution in [-0.2, 0) is 34.4 Å². The first kappa shape index (κ1) is 44.4. The maximum Gasteiger partial charge on any atom is 0.328 e. The fraction of sp³-hybridized carbons (Fsp3) is 0.381. The minimum absolute atomic E-state index is 0.0182. The molecule has 2 aliphatic heterocycles. The number of nitrogens with zero attached hydrogens (tertiary/aromatic N) is 4. The van der Waals surface area contributed by atoms with Crippen molar-refractivity contribution in [3.8, 4) is 40.5 Å². The van der Waals surface area contributed by atoms with Gasteiger partial charge in [-0.3, -0.25) is 9.59 Å². The number of hydrogen-bond acceptors (Lipinski definition) is 16. The van der Waals surface area contributed by atoms with Crippen molar-refractivity contribution in [3.63, 3.8) is 0 Å². The molecule has 318 valence electrons. The minimum Gasteiger partial charge on any atom is -0.490 e. The van der Waals surface area contributed by atoms with Crippen LogP contribution >= 0.6 is 23.4 Å². The van der Waals surface area contributed by atoms with E-state index in [1.165, 1.54) is 31.9 Å². The molecule has 6 rings (SSSR count). The van der Waals surface area contributed by atoms with Crippen molar-refractivity contribution in [1.82, 2.24) is 31.2 Å². The van der Waals surface area contributed by atoms with Crippen LogP contribution in [0.1, 0.15) is 56.4 Å². The van der Waals surface area contributed by atoms with Gasteiger partial charge in [0.2, 0.25) is 17.7 Å².